The average molecular weight is 169 g/mol. The van der Waals surface area contributed by atoms with E-state index in [9.17, 15) is 0 Å². The van der Waals surface area contributed by atoms with Crippen molar-refractivity contribution in [2.24, 2.45) is 0 Å². The molecule has 0 aliphatic carbocycles. The van der Waals surface area contributed by atoms with Crippen LogP contribution in [0.4, 0.5) is 0 Å². The molecule has 0 spiro atoms. The van der Waals surface area contributed by atoms with Crippen molar-refractivity contribution in [1.29, 1.82) is 0 Å². The van der Waals surface area contributed by atoms with Crippen molar-refractivity contribution in [3.8, 4) is 0 Å². The fourth-order valence-corrected chi connectivity index (χ4v) is 2.69. The Morgan fingerprint density at radius 3 is 1.92 bits per heavy atom. The third kappa shape index (κ3) is 1.16. The normalized spacial score (nSPS) is 40.2. The first kappa shape index (κ1) is 8.48. The van der Waals surface area contributed by atoms with Gasteiger partial charge in [-0.3, -0.25) is 14.7 Å². The van der Waals surface area contributed by atoms with E-state index in [1.807, 2.05) is 0 Å². The SMILES string of the molecule is CN1CN(C)C2CCCC1N2C. The van der Waals surface area contributed by atoms with E-state index in [1.165, 1.54) is 19.3 Å². The highest BCUT2D eigenvalue weighted by Gasteiger charge is 2.36. The Hall–Kier alpha value is -0.120. The molecule has 0 radical (unpaired) electrons. The summed E-state index contributed by atoms with van der Waals surface area (Å²) in [6.07, 6.45) is 5.46. The van der Waals surface area contributed by atoms with E-state index >= 15 is 0 Å². The van der Waals surface area contributed by atoms with E-state index in [2.05, 4.69) is 35.8 Å². The largest absolute Gasteiger partial charge is 0.278 e. The maximum absolute atomic E-state index is 2.51. The molecule has 0 amide bonds. The molecular formula is C9H19N3. The molecule has 2 fully saturated rings. The minimum Gasteiger partial charge on any atom is -0.278 e. The Kier molecular flexibility index (Phi) is 2.10. The maximum atomic E-state index is 2.51. The summed E-state index contributed by atoms with van der Waals surface area (Å²) < 4.78 is 0. The first-order valence-corrected chi connectivity index (χ1v) is 4.82. The van der Waals surface area contributed by atoms with Gasteiger partial charge in [0.2, 0.25) is 0 Å². The second-order valence-electron chi connectivity index (χ2n) is 4.21. The first-order chi connectivity index (χ1) is 5.70. The third-order valence-electron chi connectivity index (χ3n) is 3.33. The molecule has 3 nitrogen and oxygen atoms in total. The lowest BCUT2D eigenvalue weighted by Gasteiger charge is -2.53. The van der Waals surface area contributed by atoms with Crippen LogP contribution in [0.3, 0.4) is 0 Å². The molecule has 2 atom stereocenters. The van der Waals surface area contributed by atoms with Crippen LogP contribution < -0.4 is 0 Å². The molecule has 3 heteroatoms. The molecule has 0 aromatic heterocycles. The van der Waals surface area contributed by atoms with Crippen molar-refractivity contribution in [2.75, 3.05) is 27.8 Å². The molecule has 70 valence electrons. The van der Waals surface area contributed by atoms with Gasteiger partial charge in [-0.15, -0.1) is 0 Å². The number of hydrogen-bond donors (Lipinski definition) is 0. The van der Waals surface area contributed by atoms with Crippen molar-refractivity contribution in [1.82, 2.24) is 14.7 Å². The zero-order chi connectivity index (χ0) is 8.72. The summed E-state index contributed by atoms with van der Waals surface area (Å²) in [4.78, 5) is 7.39. The lowest BCUT2D eigenvalue weighted by Crippen LogP contribution is -2.64. The van der Waals surface area contributed by atoms with Gasteiger partial charge in [-0.2, -0.15) is 0 Å². The topological polar surface area (TPSA) is 9.72 Å². The van der Waals surface area contributed by atoms with Crippen LogP contribution in [0.25, 0.3) is 0 Å². The van der Waals surface area contributed by atoms with Crippen molar-refractivity contribution < 1.29 is 0 Å². The number of nitrogens with zero attached hydrogens (tertiary/aromatic N) is 3. The van der Waals surface area contributed by atoms with Gasteiger partial charge in [0.1, 0.15) is 0 Å². The molecule has 0 N–H and O–H groups in total. The summed E-state index contributed by atoms with van der Waals surface area (Å²) in [5.41, 5.74) is 0. The van der Waals surface area contributed by atoms with Crippen LogP contribution in [-0.4, -0.2) is 54.8 Å². The molecule has 2 bridgehead atoms. The van der Waals surface area contributed by atoms with E-state index in [-0.39, 0.29) is 0 Å². The predicted octanol–water partition coefficient (Wildman–Crippen LogP) is 0.589. The van der Waals surface area contributed by atoms with Gasteiger partial charge >= 0.3 is 0 Å². The van der Waals surface area contributed by atoms with E-state index in [0.717, 1.165) is 6.67 Å². The monoisotopic (exact) mass is 169 g/mol. The minimum atomic E-state index is 0.694. The fourth-order valence-electron chi connectivity index (χ4n) is 2.69. The Labute approximate surface area is 74.9 Å². The molecule has 0 saturated carbocycles. The highest BCUT2D eigenvalue weighted by Crippen LogP contribution is 2.28. The molecule has 2 unspecified atom stereocenters. The van der Waals surface area contributed by atoms with Gasteiger partial charge < -0.3 is 0 Å². The van der Waals surface area contributed by atoms with Gasteiger partial charge in [-0.25, -0.2) is 0 Å². The smallest absolute Gasteiger partial charge is 0.0641 e. The highest BCUT2D eigenvalue weighted by molar-refractivity contribution is 4.85. The second kappa shape index (κ2) is 2.98. The van der Waals surface area contributed by atoms with Crippen molar-refractivity contribution in [2.45, 2.75) is 31.6 Å². The lowest BCUT2D eigenvalue weighted by atomic mass is 10.0. The Morgan fingerprint density at radius 1 is 0.917 bits per heavy atom. The molecule has 0 aromatic rings. The quantitative estimate of drug-likeness (QED) is 0.525. The van der Waals surface area contributed by atoms with Crippen molar-refractivity contribution in [3.05, 3.63) is 0 Å². The first-order valence-electron chi connectivity index (χ1n) is 4.82. The number of piperidine rings is 1. The van der Waals surface area contributed by atoms with E-state index in [0.29, 0.717) is 12.3 Å². The Bertz CT molecular complexity index is 155. The second-order valence-corrected chi connectivity index (χ2v) is 4.21. The molecular weight excluding hydrogens is 150 g/mol. The average Bonchev–Trinajstić information content (AvgIpc) is 2.01. The van der Waals surface area contributed by atoms with Crippen LogP contribution in [0.2, 0.25) is 0 Å². The Morgan fingerprint density at radius 2 is 1.42 bits per heavy atom. The minimum absolute atomic E-state index is 0.694. The number of rotatable bonds is 0. The van der Waals surface area contributed by atoms with Crippen LogP contribution in [0.1, 0.15) is 19.3 Å². The zero-order valence-corrected chi connectivity index (χ0v) is 8.32. The Balaban J connectivity index is 2.15. The number of fused-ring (bicyclic) bond motifs is 2. The lowest BCUT2D eigenvalue weighted by molar-refractivity contribution is -0.124. The van der Waals surface area contributed by atoms with E-state index < -0.39 is 0 Å². The van der Waals surface area contributed by atoms with Crippen LogP contribution in [0.15, 0.2) is 0 Å². The van der Waals surface area contributed by atoms with Crippen LogP contribution in [0.5, 0.6) is 0 Å². The van der Waals surface area contributed by atoms with Gasteiger partial charge in [0.05, 0.1) is 19.0 Å². The van der Waals surface area contributed by atoms with Gasteiger partial charge in [-0.05, 0) is 40.4 Å². The van der Waals surface area contributed by atoms with Gasteiger partial charge in [0.15, 0.2) is 0 Å². The van der Waals surface area contributed by atoms with Crippen molar-refractivity contribution in [3.63, 3.8) is 0 Å². The fraction of sp³-hybridized carbons (Fsp3) is 1.00. The summed E-state index contributed by atoms with van der Waals surface area (Å²) in [6, 6.07) is 0. The maximum Gasteiger partial charge on any atom is 0.0641 e. The van der Waals surface area contributed by atoms with Crippen molar-refractivity contribution >= 4 is 0 Å². The standard InChI is InChI=1S/C9H19N3/c1-10-7-11(2)9-6-4-5-8(10)12(9)3/h8-9H,4-7H2,1-3H3. The molecule has 2 aliphatic rings. The summed E-state index contributed by atoms with van der Waals surface area (Å²) in [7, 11) is 6.69. The van der Waals surface area contributed by atoms with Crippen LogP contribution >= 0.6 is 0 Å². The molecule has 2 saturated heterocycles. The van der Waals surface area contributed by atoms with Gasteiger partial charge in [-0.1, -0.05) is 0 Å². The van der Waals surface area contributed by atoms with Gasteiger partial charge in [0.25, 0.3) is 0 Å². The third-order valence-corrected chi connectivity index (χ3v) is 3.33. The summed E-state index contributed by atoms with van der Waals surface area (Å²) in [6.45, 7) is 1.12. The molecule has 2 heterocycles. The summed E-state index contributed by atoms with van der Waals surface area (Å²) in [5, 5.41) is 0. The molecule has 0 aromatic carbocycles. The van der Waals surface area contributed by atoms with E-state index in [4.69, 9.17) is 0 Å². The molecule has 2 aliphatic heterocycles. The predicted molar refractivity (Wildman–Crippen MR) is 49.6 cm³/mol. The number of hydrogen-bond acceptors (Lipinski definition) is 3. The van der Waals surface area contributed by atoms with E-state index in [1.54, 1.807) is 0 Å². The van der Waals surface area contributed by atoms with Crippen LogP contribution in [-0.2, 0) is 0 Å². The molecule has 12 heavy (non-hydrogen) atoms. The molecule has 2 rings (SSSR count). The zero-order valence-electron chi connectivity index (χ0n) is 8.32. The van der Waals surface area contributed by atoms with Crippen LogP contribution in [0, 0.1) is 0 Å². The summed E-state index contributed by atoms with van der Waals surface area (Å²) in [5.74, 6) is 0. The summed E-state index contributed by atoms with van der Waals surface area (Å²) >= 11 is 0. The highest BCUT2D eigenvalue weighted by atomic mass is 15.5. The van der Waals surface area contributed by atoms with Gasteiger partial charge in [0, 0.05) is 0 Å².